The first-order valence-corrected chi connectivity index (χ1v) is 9.12. The van der Waals surface area contributed by atoms with Gasteiger partial charge in [-0.3, -0.25) is 4.79 Å². The Hall–Kier alpha value is -2.49. The Morgan fingerprint density at radius 1 is 1.08 bits per heavy atom. The van der Waals surface area contributed by atoms with Gasteiger partial charge < -0.3 is 14.8 Å². The number of carbonyl (C=O) groups is 1. The third-order valence-electron chi connectivity index (χ3n) is 4.69. The van der Waals surface area contributed by atoms with Gasteiger partial charge >= 0.3 is 0 Å². The van der Waals surface area contributed by atoms with Gasteiger partial charge in [0.25, 0.3) is 0 Å². The number of rotatable bonds is 9. The summed E-state index contributed by atoms with van der Waals surface area (Å²) in [4.78, 5) is 12.0. The van der Waals surface area contributed by atoms with Crippen LogP contribution in [0, 0.1) is 0 Å². The minimum Gasteiger partial charge on any atom is -0.497 e. The van der Waals surface area contributed by atoms with Crippen LogP contribution in [0.2, 0.25) is 0 Å². The molecule has 26 heavy (non-hydrogen) atoms. The zero-order chi connectivity index (χ0) is 19.0. The second kappa shape index (κ2) is 9.27. The van der Waals surface area contributed by atoms with Crippen molar-refractivity contribution < 1.29 is 14.3 Å². The molecule has 0 aliphatic heterocycles. The number of methoxy groups -OCH3 is 1. The van der Waals surface area contributed by atoms with Crippen LogP contribution in [-0.2, 0) is 10.2 Å². The lowest BCUT2D eigenvalue weighted by molar-refractivity contribution is -0.116. The van der Waals surface area contributed by atoms with Gasteiger partial charge in [-0.2, -0.15) is 0 Å². The highest BCUT2D eigenvalue weighted by Gasteiger charge is 2.17. The SMILES string of the molecule is CCC(C)(C)c1ccc(OCCCC(=O)Nc2cccc(OC)c2)cc1. The van der Waals surface area contributed by atoms with Gasteiger partial charge in [0.05, 0.1) is 13.7 Å². The van der Waals surface area contributed by atoms with Gasteiger partial charge in [-0.1, -0.05) is 39.0 Å². The van der Waals surface area contributed by atoms with Crippen LogP contribution in [0.25, 0.3) is 0 Å². The molecule has 2 rings (SSSR count). The molecule has 0 unspecified atom stereocenters. The van der Waals surface area contributed by atoms with Crippen LogP contribution >= 0.6 is 0 Å². The molecule has 2 aromatic carbocycles. The topological polar surface area (TPSA) is 47.6 Å². The van der Waals surface area contributed by atoms with Gasteiger partial charge in [0.1, 0.15) is 11.5 Å². The molecule has 0 bridgehead atoms. The van der Waals surface area contributed by atoms with E-state index in [1.165, 1.54) is 5.56 Å². The lowest BCUT2D eigenvalue weighted by Crippen LogP contribution is -2.15. The van der Waals surface area contributed by atoms with Crippen LogP contribution < -0.4 is 14.8 Å². The van der Waals surface area contributed by atoms with E-state index in [4.69, 9.17) is 9.47 Å². The predicted octanol–water partition coefficient (Wildman–Crippen LogP) is 5.18. The minimum absolute atomic E-state index is 0.0260. The Labute approximate surface area is 156 Å². The molecule has 0 spiro atoms. The maximum Gasteiger partial charge on any atom is 0.224 e. The van der Waals surface area contributed by atoms with Crippen LogP contribution in [0.5, 0.6) is 11.5 Å². The van der Waals surface area contributed by atoms with Crippen molar-refractivity contribution in [3.8, 4) is 11.5 Å². The molecule has 0 radical (unpaired) electrons. The maximum absolute atomic E-state index is 12.0. The van der Waals surface area contributed by atoms with Crippen molar-refractivity contribution in [2.24, 2.45) is 0 Å². The summed E-state index contributed by atoms with van der Waals surface area (Å²) in [7, 11) is 1.61. The summed E-state index contributed by atoms with van der Waals surface area (Å²) < 4.78 is 10.9. The van der Waals surface area contributed by atoms with Crippen LogP contribution in [0.15, 0.2) is 48.5 Å². The smallest absolute Gasteiger partial charge is 0.224 e. The molecule has 0 fully saturated rings. The molecule has 1 amide bonds. The summed E-state index contributed by atoms with van der Waals surface area (Å²) in [6, 6.07) is 15.6. The van der Waals surface area contributed by atoms with Gasteiger partial charge in [0, 0.05) is 18.2 Å². The van der Waals surface area contributed by atoms with E-state index in [2.05, 4.69) is 38.2 Å². The number of hydrogen-bond acceptors (Lipinski definition) is 3. The van der Waals surface area contributed by atoms with E-state index < -0.39 is 0 Å². The summed E-state index contributed by atoms with van der Waals surface area (Å²) in [6.45, 7) is 7.19. The monoisotopic (exact) mass is 355 g/mol. The first-order chi connectivity index (χ1) is 12.4. The van der Waals surface area contributed by atoms with Crippen molar-refractivity contribution in [2.45, 2.75) is 45.4 Å². The molecular formula is C22H29NO3. The van der Waals surface area contributed by atoms with Gasteiger partial charge in [0.2, 0.25) is 5.91 Å². The van der Waals surface area contributed by atoms with Gasteiger partial charge in [-0.05, 0) is 48.1 Å². The van der Waals surface area contributed by atoms with Gasteiger partial charge in [0.15, 0.2) is 0 Å². The second-order valence-electron chi connectivity index (χ2n) is 6.99. The van der Waals surface area contributed by atoms with Gasteiger partial charge in [-0.25, -0.2) is 0 Å². The molecule has 0 aromatic heterocycles. The van der Waals surface area contributed by atoms with Crippen LogP contribution in [0.1, 0.15) is 45.6 Å². The third-order valence-corrected chi connectivity index (χ3v) is 4.69. The van der Waals surface area contributed by atoms with E-state index in [0.29, 0.717) is 19.4 Å². The predicted molar refractivity (Wildman–Crippen MR) is 106 cm³/mol. The highest BCUT2D eigenvalue weighted by atomic mass is 16.5. The molecule has 4 heteroatoms. The van der Waals surface area contributed by atoms with E-state index in [0.717, 1.165) is 23.6 Å². The van der Waals surface area contributed by atoms with Crippen LogP contribution in [0.4, 0.5) is 5.69 Å². The van der Waals surface area contributed by atoms with Crippen LogP contribution in [-0.4, -0.2) is 19.6 Å². The lowest BCUT2D eigenvalue weighted by atomic mass is 9.82. The van der Waals surface area contributed by atoms with E-state index in [9.17, 15) is 4.79 Å². The van der Waals surface area contributed by atoms with Crippen molar-refractivity contribution in [3.05, 3.63) is 54.1 Å². The molecule has 0 aliphatic carbocycles. The number of ether oxygens (including phenoxy) is 2. The number of amides is 1. The fraction of sp³-hybridized carbons (Fsp3) is 0.409. The van der Waals surface area contributed by atoms with E-state index >= 15 is 0 Å². The summed E-state index contributed by atoms with van der Waals surface area (Å²) in [5, 5.41) is 2.87. The Kier molecular flexibility index (Phi) is 7.07. The zero-order valence-corrected chi connectivity index (χ0v) is 16.2. The van der Waals surface area contributed by atoms with Crippen molar-refractivity contribution in [1.29, 1.82) is 0 Å². The average Bonchev–Trinajstić information content (AvgIpc) is 2.65. The molecule has 0 saturated heterocycles. The fourth-order valence-electron chi connectivity index (χ4n) is 2.55. The summed E-state index contributed by atoms with van der Waals surface area (Å²) >= 11 is 0. The molecule has 1 N–H and O–H groups in total. The largest absolute Gasteiger partial charge is 0.497 e. The Balaban J connectivity index is 1.73. The maximum atomic E-state index is 12.0. The lowest BCUT2D eigenvalue weighted by Gasteiger charge is -2.23. The quantitative estimate of drug-likeness (QED) is 0.630. The van der Waals surface area contributed by atoms with Crippen molar-refractivity contribution in [1.82, 2.24) is 0 Å². The van der Waals surface area contributed by atoms with Crippen molar-refractivity contribution >= 4 is 11.6 Å². The second-order valence-corrected chi connectivity index (χ2v) is 6.99. The van der Waals surface area contributed by atoms with E-state index in [1.807, 2.05) is 30.3 Å². The summed E-state index contributed by atoms with van der Waals surface area (Å²) in [5.74, 6) is 1.54. The Morgan fingerprint density at radius 2 is 1.81 bits per heavy atom. The van der Waals surface area contributed by atoms with Crippen LogP contribution in [0.3, 0.4) is 0 Å². The highest BCUT2D eigenvalue weighted by Crippen LogP contribution is 2.28. The first kappa shape index (κ1) is 19.8. The third kappa shape index (κ3) is 5.80. The molecule has 0 heterocycles. The van der Waals surface area contributed by atoms with E-state index in [-0.39, 0.29) is 11.3 Å². The molecule has 140 valence electrons. The Bertz CT molecular complexity index is 708. The minimum atomic E-state index is -0.0260. The zero-order valence-electron chi connectivity index (χ0n) is 16.2. The number of anilines is 1. The highest BCUT2D eigenvalue weighted by molar-refractivity contribution is 5.90. The average molecular weight is 355 g/mol. The number of hydrogen-bond donors (Lipinski definition) is 1. The Morgan fingerprint density at radius 3 is 2.46 bits per heavy atom. The van der Waals surface area contributed by atoms with E-state index in [1.54, 1.807) is 13.2 Å². The molecule has 4 nitrogen and oxygen atoms in total. The molecule has 0 aliphatic rings. The fourth-order valence-corrected chi connectivity index (χ4v) is 2.55. The summed E-state index contributed by atoms with van der Waals surface area (Å²) in [5.41, 5.74) is 2.23. The molecule has 2 aromatic rings. The normalized spacial score (nSPS) is 11.1. The van der Waals surface area contributed by atoms with Gasteiger partial charge in [-0.15, -0.1) is 0 Å². The molecular weight excluding hydrogens is 326 g/mol. The molecule has 0 saturated carbocycles. The summed E-state index contributed by atoms with van der Waals surface area (Å²) in [6.07, 6.45) is 2.17. The number of nitrogens with one attached hydrogen (secondary N) is 1. The van der Waals surface area contributed by atoms with Crippen molar-refractivity contribution in [3.63, 3.8) is 0 Å². The number of benzene rings is 2. The number of carbonyl (C=O) groups excluding carboxylic acids is 1. The standard InChI is InChI=1S/C22H29NO3/c1-5-22(2,3)17-11-13-19(14-12-17)26-15-7-10-21(24)23-18-8-6-9-20(16-18)25-4/h6,8-9,11-14,16H,5,7,10,15H2,1-4H3,(H,23,24). The first-order valence-electron chi connectivity index (χ1n) is 9.12. The molecule has 0 atom stereocenters. The van der Waals surface area contributed by atoms with Crippen molar-refractivity contribution in [2.75, 3.05) is 19.0 Å².